The van der Waals surface area contributed by atoms with Gasteiger partial charge in [-0.1, -0.05) is 6.07 Å². The number of aromatic nitrogens is 7. The van der Waals surface area contributed by atoms with E-state index in [0.29, 0.717) is 102 Å². The van der Waals surface area contributed by atoms with Crippen molar-refractivity contribution in [2.24, 2.45) is 0 Å². The Bertz CT molecular complexity index is 2380. The molecular formula is C37H36F2N10O3. The summed E-state index contributed by atoms with van der Waals surface area (Å²) in [5.41, 5.74) is 3.58. The first-order valence-electron chi connectivity index (χ1n) is 17.4. The Kier molecular flexibility index (Phi) is 7.75. The molecule has 266 valence electrons. The van der Waals surface area contributed by atoms with Crippen LogP contribution in [0.3, 0.4) is 0 Å². The maximum atomic E-state index is 15.1. The molecule has 52 heavy (non-hydrogen) atoms. The van der Waals surface area contributed by atoms with Crippen LogP contribution in [0.4, 0.5) is 20.4 Å². The smallest absolute Gasteiger partial charge is 0.245 e. The summed E-state index contributed by atoms with van der Waals surface area (Å²) in [7, 11) is 1.48. The van der Waals surface area contributed by atoms with Crippen molar-refractivity contribution in [1.29, 1.82) is 0 Å². The van der Waals surface area contributed by atoms with E-state index in [2.05, 4.69) is 15.0 Å². The number of carbonyl (C=O) groups is 1. The molecule has 2 aromatic carbocycles. The van der Waals surface area contributed by atoms with Gasteiger partial charge >= 0.3 is 0 Å². The van der Waals surface area contributed by atoms with Gasteiger partial charge in [-0.3, -0.25) is 4.79 Å². The van der Waals surface area contributed by atoms with Gasteiger partial charge in [-0.2, -0.15) is 5.10 Å². The number of hydrogen-bond donors (Lipinski definition) is 1. The summed E-state index contributed by atoms with van der Waals surface area (Å²) in [5, 5.41) is 8.86. The van der Waals surface area contributed by atoms with Crippen LogP contribution in [0, 0.1) is 25.5 Å². The highest BCUT2D eigenvalue weighted by molar-refractivity contribution is 5.94. The van der Waals surface area contributed by atoms with E-state index in [1.54, 1.807) is 23.9 Å². The first kappa shape index (κ1) is 32.2. The van der Waals surface area contributed by atoms with Gasteiger partial charge in [0.05, 0.1) is 48.1 Å². The maximum absolute atomic E-state index is 15.1. The minimum absolute atomic E-state index is 0.0247. The lowest BCUT2D eigenvalue weighted by Crippen LogP contribution is -2.48. The molecule has 0 saturated carbocycles. The number of nitrogens with zero attached hydrogens (tertiary/aromatic N) is 9. The van der Waals surface area contributed by atoms with Crippen molar-refractivity contribution in [2.75, 3.05) is 43.6 Å². The van der Waals surface area contributed by atoms with Gasteiger partial charge in [-0.05, 0) is 57.0 Å². The van der Waals surface area contributed by atoms with Crippen LogP contribution in [0.15, 0.2) is 54.7 Å². The molecule has 6 bridgehead atoms. The molecule has 6 aromatic rings. The van der Waals surface area contributed by atoms with Crippen molar-refractivity contribution in [2.45, 2.75) is 51.4 Å². The van der Waals surface area contributed by atoms with Crippen LogP contribution < -0.4 is 15.0 Å². The SMILES string of the molecule is COc1cc(F)ccc1-n1ncc2c(N3C[C@@H]4C[C@H]3C(=O)N3CCCO[C@H](C3)Cn3c(C)nc5cc(F)cc(c53)-c3cccc(n3)N4)nc(C)nc21. The minimum Gasteiger partial charge on any atom is -0.494 e. The van der Waals surface area contributed by atoms with Crippen molar-refractivity contribution in [1.82, 2.24) is 39.2 Å². The molecule has 2 saturated heterocycles. The highest BCUT2D eigenvalue weighted by Gasteiger charge is 2.42. The molecule has 3 aliphatic rings. The summed E-state index contributed by atoms with van der Waals surface area (Å²) in [6.07, 6.45) is 2.51. The molecule has 7 heterocycles. The monoisotopic (exact) mass is 706 g/mol. The molecule has 9 rings (SSSR count). The van der Waals surface area contributed by atoms with Crippen molar-refractivity contribution in [3.63, 3.8) is 0 Å². The number of pyridine rings is 1. The number of halogens is 2. The topological polar surface area (TPSA) is 128 Å². The van der Waals surface area contributed by atoms with Crippen LogP contribution in [-0.2, 0) is 16.1 Å². The van der Waals surface area contributed by atoms with E-state index in [1.165, 1.54) is 31.4 Å². The Hall–Kier alpha value is -5.70. The third kappa shape index (κ3) is 5.46. The molecule has 15 heteroatoms. The highest BCUT2D eigenvalue weighted by atomic mass is 19.1. The van der Waals surface area contributed by atoms with Gasteiger partial charge < -0.3 is 29.2 Å². The van der Waals surface area contributed by atoms with Crippen molar-refractivity contribution in [3.8, 4) is 22.7 Å². The summed E-state index contributed by atoms with van der Waals surface area (Å²) in [5.74, 6) is 1.84. The minimum atomic E-state index is -0.571. The Morgan fingerprint density at radius 1 is 0.981 bits per heavy atom. The van der Waals surface area contributed by atoms with E-state index in [9.17, 15) is 9.18 Å². The lowest BCUT2D eigenvalue weighted by atomic mass is 10.1. The number of benzene rings is 2. The molecule has 1 amide bonds. The first-order chi connectivity index (χ1) is 25.2. The van der Waals surface area contributed by atoms with Gasteiger partial charge in [0, 0.05) is 50.0 Å². The van der Waals surface area contributed by atoms with Gasteiger partial charge in [0.25, 0.3) is 0 Å². The van der Waals surface area contributed by atoms with Gasteiger partial charge in [-0.15, -0.1) is 0 Å². The van der Waals surface area contributed by atoms with Gasteiger partial charge in [0.15, 0.2) is 5.65 Å². The van der Waals surface area contributed by atoms with E-state index < -0.39 is 17.7 Å². The molecule has 1 N–H and O–H groups in total. The second-order valence-corrected chi connectivity index (χ2v) is 13.6. The van der Waals surface area contributed by atoms with Crippen LogP contribution in [0.25, 0.3) is 39.0 Å². The standard InChI is InChI=1S/C37H36F2N10O3/c1-20-41-35(27-16-40-49(36(27)42-20)30-9-8-22(38)14-32(30)51-3)48-17-24-15-31(48)37(50)46-10-5-11-52-25(18-46)19-47-21(2)43-29-13-23(39)12-26(34(29)47)28-6-4-7-33(44-24)45-28/h4,6-9,12-14,16,24-25,31H,5,10-11,15,17-19H2,1-3H3,(H,44,45)/t24-,25+,31-/m0/s1. The molecule has 0 spiro atoms. The predicted molar refractivity (Wildman–Crippen MR) is 190 cm³/mol. The van der Waals surface area contributed by atoms with Crippen LogP contribution in [-0.4, -0.2) is 96.6 Å². The zero-order valence-corrected chi connectivity index (χ0v) is 28.9. The molecular weight excluding hydrogens is 670 g/mol. The number of hydrogen-bond acceptors (Lipinski definition) is 10. The summed E-state index contributed by atoms with van der Waals surface area (Å²) >= 11 is 0. The normalized spacial score (nSPS) is 20.5. The first-order valence-corrected chi connectivity index (χ1v) is 17.4. The number of fused-ring (bicyclic) bond motifs is 8. The fourth-order valence-corrected chi connectivity index (χ4v) is 7.89. The van der Waals surface area contributed by atoms with Crippen molar-refractivity contribution >= 4 is 39.6 Å². The molecule has 4 aromatic heterocycles. The molecule has 0 aliphatic carbocycles. The maximum Gasteiger partial charge on any atom is 0.245 e. The number of anilines is 2. The number of carbonyl (C=O) groups excluding carboxylic acids is 1. The quantitative estimate of drug-likeness (QED) is 0.274. The Balaban J connectivity index is 1.17. The predicted octanol–water partition coefficient (Wildman–Crippen LogP) is 4.82. The number of imidazole rings is 1. The fraction of sp³-hybridized carbons (Fsp3) is 0.351. The molecule has 0 unspecified atom stereocenters. The zero-order chi connectivity index (χ0) is 35.7. The van der Waals surface area contributed by atoms with E-state index in [0.717, 1.165) is 11.3 Å². The number of amides is 1. The number of methoxy groups -OCH3 is 1. The Morgan fingerprint density at radius 2 is 1.87 bits per heavy atom. The van der Waals surface area contributed by atoms with Crippen LogP contribution in [0.1, 0.15) is 24.5 Å². The zero-order valence-electron chi connectivity index (χ0n) is 28.9. The Labute approximate surface area is 297 Å². The number of ether oxygens (including phenoxy) is 2. The van der Waals surface area contributed by atoms with Crippen LogP contribution in [0.2, 0.25) is 0 Å². The fourth-order valence-electron chi connectivity index (χ4n) is 7.89. The van der Waals surface area contributed by atoms with Gasteiger partial charge in [-0.25, -0.2) is 33.4 Å². The van der Waals surface area contributed by atoms with E-state index in [4.69, 9.17) is 29.4 Å². The number of rotatable bonds is 3. The van der Waals surface area contributed by atoms with Crippen LogP contribution in [0.5, 0.6) is 5.75 Å². The number of nitrogens with one attached hydrogen (secondary N) is 1. The number of aryl methyl sites for hydroxylation is 2. The molecule has 0 radical (unpaired) electrons. The largest absolute Gasteiger partial charge is 0.494 e. The summed E-state index contributed by atoms with van der Waals surface area (Å²) < 4.78 is 44.7. The molecule has 2 fully saturated rings. The molecule has 13 nitrogen and oxygen atoms in total. The second kappa shape index (κ2) is 12.5. The van der Waals surface area contributed by atoms with Crippen molar-refractivity contribution < 1.29 is 23.0 Å². The Morgan fingerprint density at radius 3 is 2.73 bits per heavy atom. The van der Waals surface area contributed by atoms with E-state index >= 15 is 4.39 Å². The lowest BCUT2D eigenvalue weighted by Gasteiger charge is -2.31. The summed E-state index contributed by atoms with van der Waals surface area (Å²) in [6, 6.07) is 12.1. The second-order valence-electron chi connectivity index (χ2n) is 13.6. The third-order valence-corrected chi connectivity index (χ3v) is 10.2. The average Bonchev–Trinajstić information content (AvgIpc) is 3.77. The molecule has 3 aliphatic heterocycles. The highest BCUT2D eigenvalue weighted by Crippen LogP contribution is 2.36. The summed E-state index contributed by atoms with van der Waals surface area (Å²) in [4.78, 5) is 38.0. The van der Waals surface area contributed by atoms with Gasteiger partial charge in [0.2, 0.25) is 5.91 Å². The van der Waals surface area contributed by atoms with E-state index in [-0.39, 0.29) is 18.1 Å². The van der Waals surface area contributed by atoms with Crippen molar-refractivity contribution in [3.05, 3.63) is 78.0 Å². The van der Waals surface area contributed by atoms with Crippen LogP contribution >= 0.6 is 0 Å². The molecule has 3 atom stereocenters. The van der Waals surface area contributed by atoms with E-state index in [1.807, 2.05) is 34.9 Å². The van der Waals surface area contributed by atoms with Gasteiger partial charge in [0.1, 0.15) is 52.4 Å². The summed E-state index contributed by atoms with van der Waals surface area (Å²) in [6.45, 7) is 5.98. The third-order valence-electron chi connectivity index (χ3n) is 10.2. The average molecular weight is 707 g/mol. The lowest BCUT2D eigenvalue weighted by molar-refractivity contribution is -0.133.